The number of carbonyl (C=O) groups is 1. The molecular weight excluding hydrogens is 280 g/mol. The SMILES string of the molecule is CN1CCN(Cc2ccc(-c3n[nH]nc3C(N)=O)cc2)CC1. The van der Waals surface area contributed by atoms with Gasteiger partial charge in [0.15, 0.2) is 5.69 Å². The molecule has 0 unspecified atom stereocenters. The van der Waals surface area contributed by atoms with Gasteiger partial charge in [0.05, 0.1) is 0 Å². The maximum atomic E-state index is 11.3. The zero-order valence-corrected chi connectivity index (χ0v) is 12.6. The fraction of sp³-hybridized carbons (Fsp3) is 0.400. The van der Waals surface area contributed by atoms with Gasteiger partial charge in [-0.15, -0.1) is 0 Å². The maximum absolute atomic E-state index is 11.3. The second kappa shape index (κ2) is 6.25. The van der Waals surface area contributed by atoms with E-state index in [0.717, 1.165) is 38.3 Å². The molecule has 0 spiro atoms. The van der Waals surface area contributed by atoms with E-state index >= 15 is 0 Å². The van der Waals surface area contributed by atoms with Crippen LogP contribution in [0.15, 0.2) is 24.3 Å². The Hall–Kier alpha value is -2.25. The minimum Gasteiger partial charge on any atom is -0.364 e. The van der Waals surface area contributed by atoms with Crippen molar-refractivity contribution in [1.29, 1.82) is 0 Å². The fourth-order valence-electron chi connectivity index (χ4n) is 2.64. The molecule has 3 rings (SSSR count). The molecule has 2 aromatic rings. The van der Waals surface area contributed by atoms with Crippen molar-refractivity contribution in [3.05, 3.63) is 35.5 Å². The number of nitrogens with two attached hydrogens (primary N) is 1. The van der Waals surface area contributed by atoms with Crippen LogP contribution in [0, 0.1) is 0 Å². The average molecular weight is 300 g/mol. The number of nitrogens with zero attached hydrogens (tertiary/aromatic N) is 4. The number of hydrogen-bond donors (Lipinski definition) is 2. The van der Waals surface area contributed by atoms with Crippen LogP contribution >= 0.6 is 0 Å². The Morgan fingerprint density at radius 1 is 1.18 bits per heavy atom. The fourth-order valence-corrected chi connectivity index (χ4v) is 2.64. The molecule has 1 aliphatic rings. The molecular formula is C15H20N6O. The van der Waals surface area contributed by atoms with Crippen molar-refractivity contribution in [2.45, 2.75) is 6.54 Å². The van der Waals surface area contributed by atoms with Gasteiger partial charge >= 0.3 is 0 Å². The van der Waals surface area contributed by atoms with Crippen molar-refractivity contribution < 1.29 is 4.79 Å². The lowest BCUT2D eigenvalue weighted by molar-refractivity contribution is 0.0996. The molecule has 7 nitrogen and oxygen atoms in total. The molecule has 1 aliphatic heterocycles. The molecule has 3 N–H and O–H groups in total. The molecule has 7 heteroatoms. The standard InChI is InChI=1S/C15H20N6O/c1-20-6-8-21(9-7-20)10-11-2-4-12(5-3-11)13-14(15(16)22)18-19-17-13/h2-5H,6-10H2,1H3,(H2,16,22)(H,17,18,19). The van der Waals surface area contributed by atoms with Crippen LogP contribution in [-0.4, -0.2) is 64.3 Å². The molecule has 1 fully saturated rings. The molecule has 0 aliphatic carbocycles. The summed E-state index contributed by atoms with van der Waals surface area (Å²) in [6.07, 6.45) is 0. The van der Waals surface area contributed by atoms with Gasteiger partial charge in [-0.2, -0.15) is 15.4 Å². The molecule has 0 bridgehead atoms. The maximum Gasteiger partial charge on any atom is 0.271 e. The monoisotopic (exact) mass is 300 g/mol. The van der Waals surface area contributed by atoms with Gasteiger partial charge in [0.1, 0.15) is 5.69 Å². The molecule has 116 valence electrons. The summed E-state index contributed by atoms with van der Waals surface area (Å²) in [6, 6.07) is 8.03. The van der Waals surface area contributed by atoms with Gasteiger partial charge in [-0.3, -0.25) is 9.69 Å². The van der Waals surface area contributed by atoms with Gasteiger partial charge in [-0.05, 0) is 12.6 Å². The van der Waals surface area contributed by atoms with Crippen LogP contribution in [0.5, 0.6) is 0 Å². The topological polar surface area (TPSA) is 91.1 Å². The Morgan fingerprint density at radius 3 is 2.50 bits per heavy atom. The number of piperazine rings is 1. The number of carbonyl (C=O) groups excluding carboxylic acids is 1. The number of rotatable bonds is 4. The number of aromatic amines is 1. The summed E-state index contributed by atoms with van der Waals surface area (Å²) in [4.78, 5) is 16.1. The summed E-state index contributed by atoms with van der Waals surface area (Å²) in [6.45, 7) is 5.34. The van der Waals surface area contributed by atoms with Crippen LogP contribution in [0.25, 0.3) is 11.3 Å². The molecule has 0 atom stereocenters. The lowest BCUT2D eigenvalue weighted by Crippen LogP contribution is -2.43. The second-order valence-electron chi connectivity index (χ2n) is 5.66. The summed E-state index contributed by atoms with van der Waals surface area (Å²) in [5, 5.41) is 10.2. The lowest BCUT2D eigenvalue weighted by Gasteiger charge is -2.32. The van der Waals surface area contributed by atoms with E-state index in [4.69, 9.17) is 5.73 Å². The van der Waals surface area contributed by atoms with Gasteiger partial charge in [0.2, 0.25) is 0 Å². The first kappa shape index (κ1) is 14.7. The number of hydrogen-bond acceptors (Lipinski definition) is 5. The van der Waals surface area contributed by atoms with Crippen molar-refractivity contribution in [3.63, 3.8) is 0 Å². The van der Waals surface area contributed by atoms with Crippen LogP contribution < -0.4 is 5.73 Å². The van der Waals surface area contributed by atoms with E-state index in [9.17, 15) is 4.79 Å². The van der Waals surface area contributed by atoms with Gasteiger partial charge in [0, 0.05) is 38.3 Å². The van der Waals surface area contributed by atoms with Crippen LogP contribution in [0.4, 0.5) is 0 Å². The summed E-state index contributed by atoms with van der Waals surface area (Å²) in [5.41, 5.74) is 8.05. The van der Waals surface area contributed by atoms with Gasteiger partial charge < -0.3 is 10.6 Å². The molecule has 1 saturated heterocycles. The van der Waals surface area contributed by atoms with Gasteiger partial charge in [0.25, 0.3) is 5.91 Å². The van der Waals surface area contributed by atoms with E-state index in [1.807, 2.05) is 12.1 Å². The number of primary amides is 1. The first-order valence-corrected chi connectivity index (χ1v) is 7.34. The molecule has 1 aromatic carbocycles. The van der Waals surface area contributed by atoms with E-state index in [2.05, 4.69) is 44.4 Å². The van der Waals surface area contributed by atoms with Crippen LogP contribution in [-0.2, 0) is 6.54 Å². The largest absolute Gasteiger partial charge is 0.364 e. The minimum atomic E-state index is -0.578. The zero-order valence-electron chi connectivity index (χ0n) is 12.6. The van der Waals surface area contributed by atoms with Gasteiger partial charge in [-0.25, -0.2) is 0 Å². The number of benzene rings is 1. The van der Waals surface area contributed by atoms with E-state index in [1.165, 1.54) is 5.56 Å². The zero-order chi connectivity index (χ0) is 15.5. The Labute approximate surface area is 129 Å². The highest BCUT2D eigenvalue weighted by molar-refractivity contribution is 5.96. The van der Waals surface area contributed by atoms with E-state index in [1.54, 1.807) is 0 Å². The minimum absolute atomic E-state index is 0.173. The quantitative estimate of drug-likeness (QED) is 0.848. The summed E-state index contributed by atoms with van der Waals surface area (Å²) >= 11 is 0. The van der Waals surface area contributed by atoms with Gasteiger partial charge in [-0.1, -0.05) is 24.3 Å². The third-order valence-corrected chi connectivity index (χ3v) is 4.01. The highest BCUT2D eigenvalue weighted by Crippen LogP contribution is 2.20. The molecule has 0 radical (unpaired) electrons. The molecule has 22 heavy (non-hydrogen) atoms. The highest BCUT2D eigenvalue weighted by Gasteiger charge is 2.16. The van der Waals surface area contributed by atoms with Crippen LogP contribution in [0.2, 0.25) is 0 Å². The molecule has 1 amide bonds. The summed E-state index contributed by atoms with van der Waals surface area (Å²) in [5.74, 6) is -0.578. The Morgan fingerprint density at radius 2 is 1.86 bits per heavy atom. The van der Waals surface area contributed by atoms with Crippen molar-refractivity contribution in [1.82, 2.24) is 25.2 Å². The number of H-pyrrole nitrogens is 1. The second-order valence-corrected chi connectivity index (χ2v) is 5.66. The van der Waals surface area contributed by atoms with E-state index in [-0.39, 0.29) is 5.69 Å². The van der Waals surface area contributed by atoms with E-state index in [0.29, 0.717) is 5.69 Å². The van der Waals surface area contributed by atoms with Crippen molar-refractivity contribution >= 4 is 5.91 Å². The highest BCUT2D eigenvalue weighted by atomic mass is 16.1. The predicted octanol–water partition coefficient (Wildman–Crippen LogP) is 0.318. The number of amides is 1. The molecule has 2 heterocycles. The molecule has 0 saturated carbocycles. The third kappa shape index (κ3) is 3.15. The first-order chi connectivity index (χ1) is 10.6. The number of nitrogens with one attached hydrogen (secondary N) is 1. The first-order valence-electron chi connectivity index (χ1n) is 7.34. The predicted molar refractivity (Wildman–Crippen MR) is 83.1 cm³/mol. The third-order valence-electron chi connectivity index (χ3n) is 4.01. The van der Waals surface area contributed by atoms with Crippen molar-refractivity contribution in [2.75, 3.05) is 33.2 Å². The smallest absolute Gasteiger partial charge is 0.271 e. The Balaban J connectivity index is 1.70. The molecule has 1 aromatic heterocycles. The van der Waals surface area contributed by atoms with Crippen LogP contribution in [0.1, 0.15) is 16.1 Å². The number of likely N-dealkylation sites (N-methyl/N-ethyl adjacent to an activating group) is 1. The van der Waals surface area contributed by atoms with E-state index < -0.39 is 5.91 Å². The average Bonchev–Trinajstić information content (AvgIpc) is 3.00. The Kier molecular flexibility index (Phi) is 4.17. The summed E-state index contributed by atoms with van der Waals surface area (Å²) < 4.78 is 0. The number of aromatic nitrogens is 3. The lowest BCUT2D eigenvalue weighted by atomic mass is 10.1. The Bertz CT molecular complexity index is 642. The van der Waals surface area contributed by atoms with Crippen molar-refractivity contribution in [3.8, 4) is 11.3 Å². The normalized spacial score (nSPS) is 16.8. The summed E-state index contributed by atoms with van der Waals surface area (Å²) in [7, 11) is 2.15. The van der Waals surface area contributed by atoms with Crippen LogP contribution in [0.3, 0.4) is 0 Å². The van der Waals surface area contributed by atoms with Crippen molar-refractivity contribution in [2.24, 2.45) is 5.73 Å².